The van der Waals surface area contributed by atoms with Gasteiger partial charge in [-0.15, -0.1) is 11.3 Å². The van der Waals surface area contributed by atoms with Gasteiger partial charge in [-0.3, -0.25) is 0 Å². The van der Waals surface area contributed by atoms with Crippen molar-refractivity contribution in [1.82, 2.24) is 15.1 Å². The monoisotopic (exact) mass is 391 g/mol. The number of hydrogen-bond acceptors (Lipinski definition) is 5. The number of aromatic nitrogens is 3. The third-order valence-corrected chi connectivity index (χ3v) is 5.77. The molecule has 4 nitrogen and oxygen atoms in total. The first kappa shape index (κ1) is 16.3. The largest absolute Gasteiger partial charge is 0.331 e. The highest BCUT2D eigenvalue weighted by molar-refractivity contribution is 9.10. The summed E-state index contributed by atoms with van der Waals surface area (Å²) in [4.78, 5) is 9.07. The third-order valence-electron chi connectivity index (χ3n) is 4.29. The van der Waals surface area contributed by atoms with E-state index in [0.717, 1.165) is 15.2 Å². The van der Waals surface area contributed by atoms with Gasteiger partial charge < -0.3 is 4.52 Å². The van der Waals surface area contributed by atoms with E-state index in [1.165, 1.54) is 16.9 Å². The standard InChI is InChI=1S/C17H18BrN3OS/c1-10(2)17(4,12-5-7-13(18)8-6-12)16-20-14(22-21-16)15-19-11(3)9-23-15/h5-10H,1-4H3. The van der Waals surface area contributed by atoms with Gasteiger partial charge >= 0.3 is 0 Å². The number of halogens is 1. The number of benzene rings is 1. The van der Waals surface area contributed by atoms with E-state index in [2.05, 4.69) is 64.0 Å². The van der Waals surface area contributed by atoms with Gasteiger partial charge in [0.15, 0.2) is 10.8 Å². The Morgan fingerprint density at radius 1 is 1.17 bits per heavy atom. The van der Waals surface area contributed by atoms with Crippen LogP contribution in [0.3, 0.4) is 0 Å². The minimum Gasteiger partial charge on any atom is -0.331 e. The number of aryl methyl sites for hydroxylation is 1. The summed E-state index contributed by atoms with van der Waals surface area (Å²) in [6.07, 6.45) is 0. The van der Waals surface area contributed by atoms with E-state index in [-0.39, 0.29) is 5.41 Å². The van der Waals surface area contributed by atoms with Gasteiger partial charge in [0, 0.05) is 15.5 Å². The molecule has 23 heavy (non-hydrogen) atoms. The van der Waals surface area contributed by atoms with E-state index in [1.807, 2.05) is 24.4 Å². The number of thiazole rings is 1. The van der Waals surface area contributed by atoms with Crippen LogP contribution in [-0.4, -0.2) is 15.1 Å². The molecule has 2 heterocycles. The van der Waals surface area contributed by atoms with E-state index in [0.29, 0.717) is 17.6 Å². The lowest BCUT2D eigenvalue weighted by Gasteiger charge is -2.31. The van der Waals surface area contributed by atoms with Crippen molar-refractivity contribution in [2.45, 2.75) is 33.1 Å². The third kappa shape index (κ3) is 2.97. The number of hydrogen-bond donors (Lipinski definition) is 0. The normalized spacial score (nSPS) is 14.2. The molecule has 0 fully saturated rings. The van der Waals surface area contributed by atoms with Gasteiger partial charge in [0.1, 0.15) is 0 Å². The Labute approximate surface area is 148 Å². The van der Waals surface area contributed by atoms with Gasteiger partial charge in [0.25, 0.3) is 5.89 Å². The van der Waals surface area contributed by atoms with Crippen molar-refractivity contribution in [3.05, 3.63) is 51.2 Å². The Balaban J connectivity index is 2.05. The SMILES string of the molecule is Cc1csc(-c2nc(C(C)(c3ccc(Br)cc3)C(C)C)no2)n1. The van der Waals surface area contributed by atoms with Crippen LogP contribution in [0.15, 0.2) is 38.6 Å². The molecule has 6 heteroatoms. The molecule has 0 saturated carbocycles. The molecule has 120 valence electrons. The molecule has 0 amide bonds. The average molecular weight is 392 g/mol. The summed E-state index contributed by atoms with van der Waals surface area (Å²) in [5.74, 6) is 1.49. The van der Waals surface area contributed by atoms with E-state index in [1.54, 1.807) is 0 Å². The minimum absolute atomic E-state index is 0.312. The zero-order valence-electron chi connectivity index (χ0n) is 13.5. The summed E-state index contributed by atoms with van der Waals surface area (Å²) in [5.41, 5.74) is 1.80. The van der Waals surface area contributed by atoms with Crippen molar-refractivity contribution in [2.24, 2.45) is 5.92 Å². The Hall–Kier alpha value is -1.53. The molecule has 2 aromatic heterocycles. The Morgan fingerprint density at radius 2 is 1.87 bits per heavy atom. The van der Waals surface area contributed by atoms with E-state index in [4.69, 9.17) is 4.52 Å². The van der Waals surface area contributed by atoms with Crippen molar-refractivity contribution >= 4 is 27.3 Å². The van der Waals surface area contributed by atoms with Crippen molar-refractivity contribution in [1.29, 1.82) is 0 Å². The number of nitrogens with zero attached hydrogens (tertiary/aromatic N) is 3. The second-order valence-electron chi connectivity index (χ2n) is 6.08. The van der Waals surface area contributed by atoms with Crippen LogP contribution in [0.25, 0.3) is 10.9 Å². The van der Waals surface area contributed by atoms with Gasteiger partial charge in [-0.2, -0.15) is 4.98 Å². The topological polar surface area (TPSA) is 51.8 Å². The van der Waals surface area contributed by atoms with Crippen molar-refractivity contribution in [3.63, 3.8) is 0 Å². The summed E-state index contributed by atoms with van der Waals surface area (Å²) in [5, 5.41) is 7.01. The van der Waals surface area contributed by atoms with Crippen LogP contribution in [0.4, 0.5) is 0 Å². The Bertz CT molecular complexity index is 809. The predicted octanol–water partition coefficient (Wildman–Crippen LogP) is 5.23. The molecule has 0 radical (unpaired) electrons. The van der Waals surface area contributed by atoms with E-state index < -0.39 is 0 Å². The molecule has 0 bridgehead atoms. The second-order valence-corrected chi connectivity index (χ2v) is 7.85. The first-order valence-corrected chi connectivity index (χ1v) is 9.11. The summed E-state index contributed by atoms with van der Waals surface area (Å²) in [7, 11) is 0. The van der Waals surface area contributed by atoms with Crippen LogP contribution >= 0.6 is 27.3 Å². The molecule has 0 saturated heterocycles. The van der Waals surface area contributed by atoms with Gasteiger partial charge in [-0.05, 0) is 37.5 Å². The summed E-state index contributed by atoms with van der Waals surface area (Å²) in [6.45, 7) is 8.46. The lowest BCUT2D eigenvalue weighted by molar-refractivity contribution is 0.350. The highest BCUT2D eigenvalue weighted by atomic mass is 79.9. The predicted molar refractivity (Wildman–Crippen MR) is 95.6 cm³/mol. The first-order chi connectivity index (χ1) is 10.9. The highest BCUT2D eigenvalue weighted by Crippen LogP contribution is 2.38. The van der Waals surface area contributed by atoms with Gasteiger partial charge in [0.05, 0.1) is 5.41 Å². The molecule has 0 aliphatic rings. The molecule has 1 atom stereocenters. The van der Waals surface area contributed by atoms with E-state index >= 15 is 0 Å². The summed E-state index contributed by atoms with van der Waals surface area (Å²) in [6, 6.07) is 8.30. The smallest absolute Gasteiger partial charge is 0.286 e. The molecule has 0 spiro atoms. The molecule has 3 aromatic rings. The first-order valence-electron chi connectivity index (χ1n) is 7.44. The zero-order chi connectivity index (χ0) is 16.6. The average Bonchev–Trinajstić information content (AvgIpc) is 3.16. The molecule has 0 aliphatic carbocycles. The molecular formula is C17H18BrN3OS. The van der Waals surface area contributed by atoms with Crippen LogP contribution < -0.4 is 0 Å². The number of rotatable bonds is 4. The molecule has 0 aliphatic heterocycles. The van der Waals surface area contributed by atoms with Gasteiger partial charge in [-0.1, -0.05) is 47.1 Å². The fraction of sp³-hybridized carbons (Fsp3) is 0.353. The Kier molecular flexibility index (Phi) is 4.38. The molecular weight excluding hydrogens is 374 g/mol. The van der Waals surface area contributed by atoms with Crippen molar-refractivity contribution in [2.75, 3.05) is 0 Å². The van der Waals surface area contributed by atoms with E-state index in [9.17, 15) is 0 Å². The lowest BCUT2D eigenvalue weighted by atomic mass is 9.73. The fourth-order valence-corrected chi connectivity index (χ4v) is 3.47. The maximum atomic E-state index is 5.48. The van der Waals surface area contributed by atoms with Crippen molar-refractivity contribution in [3.8, 4) is 10.9 Å². The quantitative estimate of drug-likeness (QED) is 0.610. The highest BCUT2D eigenvalue weighted by Gasteiger charge is 2.37. The van der Waals surface area contributed by atoms with Crippen LogP contribution in [0.5, 0.6) is 0 Å². The Morgan fingerprint density at radius 3 is 2.43 bits per heavy atom. The molecule has 0 N–H and O–H groups in total. The van der Waals surface area contributed by atoms with Crippen molar-refractivity contribution < 1.29 is 4.52 Å². The molecule has 1 unspecified atom stereocenters. The maximum Gasteiger partial charge on any atom is 0.286 e. The second kappa shape index (κ2) is 6.17. The summed E-state index contributed by atoms with van der Waals surface area (Å²) < 4.78 is 6.54. The zero-order valence-corrected chi connectivity index (χ0v) is 15.9. The van der Waals surface area contributed by atoms with Crippen LogP contribution in [0.2, 0.25) is 0 Å². The summed E-state index contributed by atoms with van der Waals surface area (Å²) >= 11 is 5.01. The maximum absolute atomic E-state index is 5.48. The van der Waals surface area contributed by atoms with Crippen LogP contribution in [0.1, 0.15) is 37.9 Å². The minimum atomic E-state index is -0.325. The van der Waals surface area contributed by atoms with Crippen LogP contribution in [0, 0.1) is 12.8 Å². The molecule has 3 rings (SSSR count). The van der Waals surface area contributed by atoms with Crippen LogP contribution in [-0.2, 0) is 5.41 Å². The van der Waals surface area contributed by atoms with Gasteiger partial charge in [0.2, 0.25) is 0 Å². The fourth-order valence-electron chi connectivity index (χ4n) is 2.49. The van der Waals surface area contributed by atoms with Gasteiger partial charge in [-0.25, -0.2) is 4.98 Å². The molecule has 1 aromatic carbocycles. The lowest BCUT2D eigenvalue weighted by Crippen LogP contribution is -2.31.